The minimum absolute atomic E-state index is 0.0207. The van der Waals surface area contributed by atoms with Crippen molar-refractivity contribution in [3.05, 3.63) is 65.4 Å². The van der Waals surface area contributed by atoms with Gasteiger partial charge >= 0.3 is 0 Å². The van der Waals surface area contributed by atoms with Crippen molar-refractivity contribution in [1.82, 2.24) is 20.3 Å². The molecule has 1 aromatic heterocycles. The summed E-state index contributed by atoms with van der Waals surface area (Å²) in [5.41, 5.74) is 1.26. The molecule has 0 bridgehead atoms. The first kappa shape index (κ1) is 18.9. The van der Waals surface area contributed by atoms with Crippen LogP contribution in [-0.4, -0.2) is 47.1 Å². The first-order valence-corrected chi connectivity index (χ1v) is 9.44. The van der Waals surface area contributed by atoms with Crippen molar-refractivity contribution < 1.29 is 9.53 Å². The van der Waals surface area contributed by atoms with Crippen molar-refractivity contribution in [1.29, 1.82) is 0 Å². The molecule has 29 heavy (non-hydrogen) atoms. The first-order chi connectivity index (χ1) is 14.1. The second-order valence-corrected chi connectivity index (χ2v) is 6.88. The van der Waals surface area contributed by atoms with Crippen LogP contribution in [0.25, 0.3) is 0 Å². The third kappa shape index (κ3) is 4.38. The van der Waals surface area contributed by atoms with E-state index in [1.54, 1.807) is 31.3 Å². The Kier molecular flexibility index (Phi) is 5.44. The minimum Gasteiger partial charge on any atom is -0.485 e. The number of nitrogens with zero attached hydrogens (tertiary/aromatic N) is 4. The second-order valence-electron chi connectivity index (χ2n) is 6.47. The average Bonchev–Trinajstić information content (AvgIpc) is 2.71. The summed E-state index contributed by atoms with van der Waals surface area (Å²) in [7, 11) is 1.59. The molecule has 1 aliphatic heterocycles. The number of hydrogen-bond donors (Lipinski definition) is 2. The molecule has 1 amide bonds. The van der Waals surface area contributed by atoms with Crippen LogP contribution in [0.15, 0.2) is 54.9 Å². The van der Waals surface area contributed by atoms with Crippen LogP contribution in [0.3, 0.4) is 0 Å². The number of benzene rings is 2. The molecule has 0 aliphatic carbocycles. The lowest BCUT2D eigenvalue weighted by Gasteiger charge is -2.38. The normalized spacial score (nSPS) is 13.5. The molecule has 2 aromatic carbocycles. The van der Waals surface area contributed by atoms with Gasteiger partial charge in [-0.1, -0.05) is 29.8 Å². The zero-order chi connectivity index (χ0) is 20.2. The Labute approximate surface area is 172 Å². The fourth-order valence-corrected chi connectivity index (χ4v) is 3.09. The van der Waals surface area contributed by atoms with Crippen LogP contribution in [0.5, 0.6) is 5.75 Å². The lowest BCUT2D eigenvalue weighted by molar-refractivity contribution is 0.0963. The summed E-state index contributed by atoms with van der Waals surface area (Å²) >= 11 is 6.14. The number of carbonyl (C=O) groups excluding carboxylic acids is 1. The molecule has 0 spiro atoms. The first-order valence-electron chi connectivity index (χ1n) is 9.07. The Hall–Kier alpha value is -3.39. The van der Waals surface area contributed by atoms with Crippen molar-refractivity contribution in [2.24, 2.45) is 0 Å². The SMILES string of the molecule is CNC(=O)c1cccc(Nc2ncnc(N3CC(Oc4ccccc4Cl)C3)n2)c1. The van der Waals surface area contributed by atoms with Gasteiger partial charge in [0.25, 0.3) is 5.91 Å². The smallest absolute Gasteiger partial charge is 0.251 e. The number of anilines is 3. The number of carbonyl (C=O) groups is 1. The van der Waals surface area contributed by atoms with Crippen LogP contribution in [-0.2, 0) is 0 Å². The molecule has 1 aliphatic rings. The quantitative estimate of drug-likeness (QED) is 0.645. The molecule has 8 nitrogen and oxygen atoms in total. The number of ether oxygens (including phenoxy) is 1. The molecule has 0 unspecified atom stereocenters. The van der Waals surface area contributed by atoms with Crippen LogP contribution in [0.1, 0.15) is 10.4 Å². The zero-order valence-electron chi connectivity index (χ0n) is 15.7. The highest BCUT2D eigenvalue weighted by Crippen LogP contribution is 2.27. The second kappa shape index (κ2) is 8.32. The van der Waals surface area contributed by atoms with Gasteiger partial charge in [0.1, 0.15) is 18.2 Å². The molecule has 0 saturated carbocycles. The molecule has 2 N–H and O–H groups in total. The Morgan fingerprint density at radius 2 is 2.00 bits per heavy atom. The molecule has 1 fully saturated rings. The van der Waals surface area contributed by atoms with Crippen LogP contribution < -0.4 is 20.3 Å². The third-order valence-electron chi connectivity index (χ3n) is 4.43. The predicted molar refractivity (Wildman–Crippen MR) is 111 cm³/mol. The summed E-state index contributed by atoms with van der Waals surface area (Å²) in [5.74, 6) is 1.48. The monoisotopic (exact) mass is 410 g/mol. The summed E-state index contributed by atoms with van der Waals surface area (Å²) in [6, 6.07) is 14.5. The van der Waals surface area contributed by atoms with Crippen LogP contribution in [0.2, 0.25) is 5.02 Å². The van der Waals surface area contributed by atoms with E-state index in [2.05, 4.69) is 25.6 Å². The molecule has 0 atom stereocenters. The number of rotatable bonds is 6. The van der Waals surface area contributed by atoms with E-state index in [-0.39, 0.29) is 12.0 Å². The number of halogens is 1. The van der Waals surface area contributed by atoms with E-state index >= 15 is 0 Å². The largest absolute Gasteiger partial charge is 0.485 e. The average molecular weight is 411 g/mol. The van der Waals surface area contributed by atoms with Gasteiger partial charge in [-0.05, 0) is 30.3 Å². The zero-order valence-corrected chi connectivity index (χ0v) is 16.4. The van der Waals surface area contributed by atoms with Crippen molar-refractivity contribution in [2.45, 2.75) is 6.10 Å². The highest BCUT2D eigenvalue weighted by Gasteiger charge is 2.31. The van der Waals surface area contributed by atoms with Gasteiger partial charge in [0.05, 0.1) is 18.1 Å². The van der Waals surface area contributed by atoms with Crippen molar-refractivity contribution in [2.75, 3.05) is 30.4 Å². The summed E-state index contributed by atoms with van der Waals surface area (Å²) in [6.07, 6.45) is 1.47. The van der Waals surface area contributed by atoms with Gasteiger partial charge in [0.15, 0.2) is 0 Å². The van der Waals surface area contributed by atoms with E-state index in [1.807, 2.05) is 29.2 Å². The Balaban J connectivity index is 1.39. The van der Waals surface area contributed by atoms with Crippen molar-refractivity contribution in [3.8, 4) is 5.75 Å². The topological polar surface area (TPSA) is 92.3 Å². The third-order valence-corrected chi connectivity index (χ3v) is 4.74. The predicted octanol–water partition coefficient (Wildman–Crippen LogP) is 2.90. The Morgan fingerprint density at radius 1 is 1.17 bits per heavy atom. The van der Waals surface area contributed by atoms with E-state index in [1.165, 1.54) is 6.33 Å². The summed E-state index contributed by atoms with van der Waals surface area (Å²) in [5, 5.41) is 6.30. The fraction of sp³-hybridized carbons (Fsp3) is 0.200. The van der Waals surface area contributed by atoms with Gasteiger partial charge < -0.3 is 20.3 Å². The number of amides is 1. The standard InChI is InChI=1S/C20H19ClN6O2/c1-22-18(28)13-5-4-6-14(9-13)25-19-23-12-24-20(26-19)27-10-15(11-27)29-17-8-3-2-7-16(17)21/h2-9,12,15H,10-11H2,1H3,(H,22,28)(H,23,24,25,26). The Morgan fingerprint density at radius 3 is 2.79 bits per heavy atom. The van der Waals surface area contributed by atoms with E-state index < -0.39 is 0 Å². The van der Waals surface area contributed by atoms with Crippen LogP contribution in [0, 0.1) is 0 Å². The van der Waals surface area contributed by atoms with E-state index in [0.717, 1.165) is 0 Å². The summed E-state index contributed by atoms with van der Waals surface area (Å²) in [4.78, 5) is 26.6. The lowest BCUT2D eigenvalue weighted by atomic mass is 10.2. The molecule has 3 aromatic rings. The van der Waals surface area contributed by atoms with Gasteiger partial charge in [-0.15, -0.1) is 0 Å². The number of nitrogens with one attached hydrogen (secondary N) is 2. The molecule has 0 radical (unpaired) electrons. The highest BCUT2D eigenvalue weighted by atomic mass is 35.5. The van der Waals surface area contributed by atoms with Gasteiger partial charge in [-0.25, -0.2) is 9.97 Å². The number of para-hydroxylation sites is 1. The molecular formula is C20H19ClN6O2. The molecule has 148 valence electrons. The minimum atomic E-state index is -0.157. The lowest BCUT2D eigenvalue weighted by Crippen LogP contribution is -2.54. The van der Waals surface area contributed by atoms with Crippen LogP contribution in [0.4, 0.5) is 17.6 Å². The van der Waals surface area contributed by atoms with Gasteiger partial charge in [-0.3, -0.25) is 4.79 Å². The van der Waals surface area contributed by atoms with E-state index in [0.29, 0.717) is 47.0 Å². The van der Waals surface area contributed by atoms with E-state index in [4.69, 9.17) is 16.3 Å². The number of hydrogen-bond acceptors (Lipinski definition) is 7. The fourth-order valence-electron chi connectivity index (χ4n) is 2.91. The van der Waals surface area contributed by atoms with Gasteiger partial charge in [0.2, 0.25) is 11.9 Å². The summed E-state index contributed by atoms with van der Waals surface area (Å²) < 4.78 is 5.91. The molecule has 4 rings (SSSR count). The van der Waals surface area contributed by atoms with Crippen molar-refractivity contribution >= 4 is 35.1 Å². The Bertz CT molecular complexity index is 1030. The molecular weight excluding hydrogens is 392 g/mol. The van der Waals surface area contributed by atoms with E-state index in [9.17, 15) is 4.79 Å². The highest BCUT2D eigenvalue weighted by molar-refractivity contribution is 6.32. The maximum absolute atomic E-state index is 11.8. The molecule has 9 heteroatoms. The van der Waals surface area contributed by atoms with Gasteiger partial charge in [0, 0.05) is 18.3 Å². The van der Waals surface area contributed by atoms with Crippen molar-refractivity contribution in [3.63, 3.8) is 0 Å². The maximum atomic E-state index is 11.8. The number of aromatic nitrogens is 3. The summed E-state index contributed by atoms with van der Waals surface area (Å²) in [6.45, 7) is 1.31. The van der Waals surface area contributed by atoms with Crippen LogP contribution >= 0.6 is 11.6 Å². The van der Waals surface area contributed by atoms with Gasteiger partial charge in [-0.2, -0.15) is 4.98 Å². The molecule has 2 heterocycles. The molecule has 1 saturated heterocycles. The maximum Gasteiger partial charge on any atom is 0.251 e.